The fraction of sp³-hybridized carbons (Fsp3) is 0.571. The van der Waals surface area contributed by atoms with Crippen LogP contribution in [0.5, 0.6) is 0 Å². The lowest BCUT2D eigenvalue weighted by Crippen LogP contribution is -2.02. The Hall–Kier alpha value is -0.830. The molecule has 0 radical (unpaired) electrons. The van der Waals surface area contributed by atoms with Crippen molar-refractivity contribution in [3.05, 3.63) is 12.2 Å². The highest BCUT2D eigenvalue weighted by molar-refractivity contribution is 5.87. The minimum Gasteiger partial charge on any atom is -0.466 e. The summed E-state index contributed by atoms with van der Waals surface area (Å²) in [5, 5.41) is 0. The van der Waals surface area contributed by atoms with Crippen molar-refractivity contribution in [3.8, 4) is 0 Å². The first-order valence-corrected chi connectivity index (χ1v) is 2.98. The van der Waals surface area contributed by atoms with Crippen molar-refractivity contribution in [2.45, 2.75) is 19.8 Å². The number of carbonyl (C=O) groups excluding carboxylic acids is 1. The Morgan fingerprint density at radius 2 is 2.10 bits per heavy atom. The molecule has 10 heavy (non-hydrogen) atoms. The van der Waals surface area contributed by atoms with E-state index in [4.69, 9.17) is 0 Å². The van der Waals surface area contributed by atoms with Gasteiger partial charge in [0.2, 0.25) is 0 Å². The van der Waals surface area contributed by atoms with E-state index in [0.29, 0.717) is 5.57 Å². The zero-order valence-electron chi connectivity index (χ0n) is 6.64. The van der Waals surface area contributed by atoms with E-state index in [9.17, 15) is 4.79 Å². The van der Waals surface area contributed by atoms with Crippen LogP contribution in [0.15, 0.2) is 12.2 Å². The highest BCUT2D eigenvalue weighted by atomic mass is 16.5. The maximum Gasteiger partial charge on any atom is 0.333 e. The van der Waals surface area contributed by atoms with Crippen LogP contribution < -0.4 is 6.15 Å². The molecule has 60 valence electrons. The Balaban J connectivity index is 0. The van der Waals surface area contributed by atoms with Gasteiger partial charge in [0.25, 0.3) is 0 Å². The fourth-order valence-corrected chi connectivity index (χ4v) is 0.548. The Morgan fingerprint density at radius 1 is 1.60 bits per heavy atom. The molecule has 0 aliphatic rings. The first-order valence-electron chi connectivity index (χ1n) is 2.98. The van der Waals surface area contributed by atoms with Gasteiger partial charge in [-0.1, -0.05) is 19.9 Å². The van der Waals surface area contributed by atoms with E-state index in [1.54, 1.807) is 0 Å². The first kappa shape index (κ1) is 11.9. The predicted molar refractivity (Wildman–Crippen MR) is 41.1 cm³/mol. The van der Waals surface area contributed by atoms with Crippen molar-refractivity contribution in [2.24, 2.45) is 0 Å². The van der Waals surface area contributed by atoms with E-state index in [2.05, 4.69) is 11.3 Å². The lowest BCUT2D eigenvalue weighted by Gasteiger charge is -1.98. The summed E-state index contributed by atoms with van der Waals surface area (Å²) in [5.74, 6) is -0.295. The van der Waals surface area contributed by atoms with Crippen LogP contribution >= 0.6 is 0 Å². The smallest absolute Gasteiger partial charge is 0.333 e. The zero-order chi connectivity index (χ0) is 7.28. The van der Waals surface area contributed by atoms with E-state index < -0.39 is 0 Å². The van der Waals surface area contributed by atoms with Gasteiger partial charge in [-0.2, -0.15) is 0 Å². The number of ether oxygens (including phenoxy) is 1. The Kier molecular flexibility index (Phi) is 7.49. The summed E-state index contributed by atoms with van der Waals surface area (Å²) in [6.45, 7) is 5.53. The van der Waals surface area contributed by atoms with Crippen molar-refractivity contribution < 1.29 is 9.53 Å². The third-order valence-electron chi connectivity index (χ3n) is 1.03. The molecule has 0 rings (SSSR count). The Bertz CT molecular complexity index is 121. The molecule has 0 aromatic rings. The van der Waals surface area contributed by atoms with Crippen molar-refractivity contribution in [1.82, 2.24) is 6.15 Å². The van der Waals surface area contributed by atoms with Crippen molar-refractivity contribution in [2.75, 3.05) is 7.11 Å². The number of hydrogen-bond donors (Lipinski definition) is 1. The van der Waals surface area contributed by atoms with Gasteiger partial charge in [-0.05, 0) is 6.42 Å². The van der Waals surface area contributed by atoms with Crippen molar-refractivity contribution in [3.63, 3.8) is 0 Å². The van der Waals surface area contributed by atoms with Gasteiger partial charge in [0.05, 0.1) is 7.11 Å². The van der Waals surface area contributed by atoms with Crippen LogP contribution in [0.25, 0.3) is 0 Å². The molecule has 0 aliphatic heterocycles. The van der Waals surface area contributed by atoms with Gasteiger partial charge in [-0.25, -0.2) is 4.79 Å². The van der Waals surface area contributed by atoms with E-state index in [1.165, 1.54) is 7.11 Å². The van der Waals surface area contributed by atoms with Gasteiger partial charge in [-0.3, -0.25) is 0 Å². The lowest BCUT2D eigenvalue weighted by molar-refractivity contribution is -0.136. The minimum absolute atomic E-state index is 0. The van der Waals surface area contributed by atoms with E-state index in [1.807, 2.05) is 6.92 Å². The molecule has 0 aromatic heterocycles. The molecule has 0 amide bonds. The van der Waals surface area contributed by atoms with E-state index in [0.717, 1.165) is 12.8 Å². The molecular formula is C7H15NO2. The largest absolute Gasteiger partial charge is 0.466 e. The van der Waals surface area contributed by atoms with E-state index in [-0.39, 0.29) is 12.1 Å². The van der Waals surface area contributed by atoms with Gasteiger partial charge in [0, 0.05) is 5.57 Å². The quantitative estimate of drug-likeness (QED) is 0.485. The minimum atomic E-state index is -0.295. The van der Waals surface area contributed by atoms with Crippen LogP contribution in [-0.2, 0) is 9.53 Å². The predicted octanol–water partition coefficient (Wildman–Crippen LogP) is 1.68. The monoisotopic (exact) mass is 145 g/mol. The average Bonchev–Trinajstić information content (AvgIpc) is 1.87. The van der Waals surface area contributed by atoms with Gasteiger partial charge in [0.1, 0.15) is 0 Å². The van der Waals surface area contributed by atoms with E-state index >= 15 is 0 Å². The first-order chi connectivity index (χ1) is 4.22. The van der Waals surface area contributed by atoms with Crippen LogP contribution in [0.4, 0.5) is 0 Å². The molecule has 0 saturated carbocycles. The SMILES string of the molecule is C=C(CCC)C(=O)OC.N. The van der Waals surface area contributed by atoms with Crippen LogP contribution in [0, 0.1) is 0 Å². The van der Waals surface area contributed by atoms with Crippen molar-refractivity contribution >= 4 is 5.97 Å². The summed E-state index contributed by atoms with van der Waals surface area (Å²) in [4.78, 5) is 10.6. The molecule has 0 saturated heterocycles. The molecule has 3 N–H and O–H groups in total. The van der Waals surface area contributed by atoms with Crippen LogP contribution in [0.2, 0.25) is 0 Å². The van der Waals surface area contributed by atoms with Gasteiger partial charge in [-0.15, -0.1) is 0 Å². The summed E-state index contributed by atoms with van der Waals surface area (Å²) in [7, 11) is 1.36. The highest BCUT2D eigenvalue weighted by Gasteiger charge is 2.02. The second-order valence-corrected chi connectivity index (χ2v) is 1.85. The Labute approximate surface area is 61.7 Å². The molecule has 0 unspecified atom stereocenters. The lowest BCUT2D eigenvalue weighted by atomic mass is 10.2. The zero-order valence-corrected chi connectivity index (χ0v) is 6.64. The second-order valence-electron chi connectivity index (χ2n) is 1.85. The third kappa shape index (κ3) is 4.09. The third-order valence-corrected chi connectivity index (χ3v) is 1.03. The Morgan fingerprint density at radius 3 is 2.40 bits per heavy atom. The maximum atomic E-state index is 10.6. The summed E-state index contributed by atoms with van der Waals surface area (Å²) < 4.78 is 4.43. The molecule has 0 bridgehead atoms. The van der Waals surface area contributed by atoms with Crippen LogP contribution in [0.3, 0.4) is 0 Å². The van der Waals surface area contributed by atoms with Gasteiger partial charge < -0.3 is 10.9 Å². The summed E-state index contributed by atoms with van der Waals surface area (Å²) >= 11 is 0. The van der Waals surface area contributed by atoms with Crippen LogP contribution in [0.1, 0.15) is 19.8 Å². The molecule has 0 heterocycles. The molecule has 3 nitrogen and oxygen atoms in total. The number of methoxy groups -OCH3 is 1. The van der Waals surface area contributed by atoms with Crippen LogP contribution in [-0.4, -0.2) is 13.1 Å². The average molecular weight is 145 g/mol. The summed E-state index contributed by atoms with van der Waals surface area (Å²) in [6.07, 6.45) is 1.67. The highest BCUT2D eigenvalue weighted by Crippen LogP contribution is 2.02. The number of carbonyl (C=O) groups is 1. The molecule has 0 aromatic carbocycles. The number of rotatable bonds is 3. The number of hydrogen-bond acceptors (Lipinski definition) is 3. The normalized spacial score (nSPS) is 7.80. The standard InChI is InChI=1S/C7H12O2.H3N/c1-4-5-6(2)7(8)9-3;/h2,4-5H2,1,3H3;1H3. The topological polar surface area (TPSA) is 61.3 Å². The second kappa shape index (κ2) is 6.29. The molecule has 0 fully saturated rings. The fourth-order valence-electron chi connectivity index (χ4n) is 0.548. The van der Waals surface area contributed by atoms with Crippen molar-refractivity contribution in [1.29, 1.82) is 0 Å². The molecular weight excluding hydrogens is 130 g/mol. The molecule has 0 aliphatic carbocycles. The van der Waals surface area contributed by atoms with Gasteiger partial charge in [0.15, 0.2) is 0 Å². The summed E-state index contributed by atoms with van der Waals surface area (Å²) in [6, 6.07) is 0. The summed E-state index contributed by atoms with van der Waals surface area (Å²) in [5.41, 5.74) is 0.556. The molecule has 0 spiro atoms. The maximum absolute atomic E-state index is 10.6. The van der Waals surface area contributed by atoms with Gasteiger partial charge >= 0.3 is 5.97 Å². The molecule has 3 heteroatoms. The number of esters is 1. The molecule has 0 atom stereocenters.